The summed E-state index contributed by atoms with van der Waals surface area (Å²) in [5.41, 5.74) is 0. The molecule has 0 aliphatic carbocycles. The van der Waals surface area contributed by atoms with Gasteiger partial charge >= 0.3 is 0 Å². The monoisotopic (exact) mass is 226 g/mol. The molecule has 0 aromatic carbocycles. The van der Waals surface area contributed by atoms with Gasteiger partial charge in [-0.1, -0.05) is 12.8 Å². The van der Waals surface area contributed by atoms with E-state index in [2.05, 4.69) is 17.3 Å². The first-order valence-electron chi connectivity index (χ1n) is 6.88. The van der Waals surface area contributed by atoms with Crippen molar-refractivity contribution in [3.63, 3.8) is 0 Å². The molecule has 1 N–H and O–H groups in total. The van der Waals surface area contributed by atoms with Crippen LogP contribution in [-0.2, 0) is 4.74 Å². The molecule has 2 aliphatic heterocycles. The summed E-state index contributed by atoms with van der Waals surface area (Å²) in [5.74, 6) is 0. The van der Waals surface area contributed by atoms with Gasteiger partial charge in [0.05, 0.1) is 6.10 Å². The third kappa shape index (κ3) is 4.04. The zero-order chi connectivity index (χ0) is 11.2. The van der Waals surface area contributed by atoms with E-state index in [1.165, 1.54) is 51.6 Å². The molecule has 2 atom stereocenters. The second-order valence-corrected chi connectivity index (χ2v) is 5.36. The van der Waals surface area contributed by atoms with Gasteiger partial charge in [-0.15, -0.1) is 0 Å². The molecule has 94 valence electrons. The summed E-state index contributed by atoms with van der Waals surface area (Å²) in [6.45, 7) is 4.47. The third-order valence-electron chi connectivity index (χ3n) is 3.73. The van der Waals surface area contributed by atoms with E-state index >= 15 is 0 Å². The molecule has 2 rings (SSSR count). The molecule has 2 aliphatic rings. The van der Waals surface area contributed by atoms with Gasteiger partial charge in [-0.3, -0.25) is 0 Å². The van der Waals surface area contributed by atoms with Crippen molar-refractivity contribution in [2.24, 2.45) is 0 Å². The molecule has 3 nitrogen and oxygen atoms in total. The summed E-state index contributed by atoms with van der Waals surface area (Å²) in [5, 5.41) is 3.65. The molecule has 0 saturated carbocycles. The van der Waals surface area contributed by atoms with Crippen LogP contribution in [0.2, 0.25) is 0 Å². The zero-order valence-corrected chi connectivity index (χ0v) is 10.6. The molecule has 0 spiro atoms. The van der Waals surface area contributed by atoms with Crippen LogP contribution >= 0.6 is 0 Å². The SMILES string of the molecule is CN(CC1CCCCCN1)CC1CCCO1. The highest BCUT2D eigenvalue weighted by Crippen LogP contribution is 2.14. The molecule has 2 fully saturated rings. The fourth-order valence-electron chi connectivity index (χ4n) is 2.84. The summed E-state index contributed by atoms with van der Waals surface area (Å²) in [6, 6.07) is 0.703. The number of nitrogens with zero attached hydrogens (tertiary/aromatic N) is 1. The predicted octanol–water partition coefficient (Wildman–Crippen LogP) is 1.63. The topological polar surface area (TPSA) is 24.5 Å². The molecule has 2 saturated heterocycles. The smallest absolute Gasteiger partial charge is 0.0702 e. The lowest BCUT2D eigenvalue weighted by Crippen LogP contribution is -2.41. The van der Waals surface area contributed by atoms with Crippen molar-refractivity contribution in [1.29, 1.82) is 0 Å². The van der Waals surface area contributed by atoms with Gasteiger partial charge in [0.1, 0.15) is 0 Å². The van der Waals surface area contributed by atoms with Crippen molar-refractivity contribution in [2.45, 2.75) is 50.7 Å². The van der Waals surface area contributed by atoms with Crippen molar-refractivity contribution < 1.29 is 4.74 Å². The maximum atomic E-state index is 5.68. The molecule has 0 aromatic rings. The second kappa shape index (κ2) is 6.58. The first kappa shape index (κ1) is 12.3. The molecular formula is C13H26N2O. The van der Waals surface area contributed by atoms with Crippen molar-refractivity contribution in [3.05, 3.63) is 0 Å². The Labute approximate surface area is 99.5 Å². The van der Waals surface area contributed by atoms with E-state index < -0.39 is 0 Å². The van der Waals surface area contributed by atoms with Gasteiger partial charge in [0.15, 0.2) is 0 Å². The van der Waals surface area contributed by atoms with E-state index in [0.717, 1.165) is 13.2 Å². The van der Waals surface area contributed by atoms with Crippen LogP contribution in [0.5, 0.6) is 0 Å². The van der Waals surface area contributed by atoms with Gasteiger partial charge in [0.2, 0.25) is 0 Å². The van der Waals surface area contributed by atoms with E-state index in [-0.39, 0.29) is 0 Å². The average molecular weight is 226 g/mol. The van der Waals surface area contributed by atoms with Gasteiger partial charge < -0.3 is 15.0 Å². The van der Waals surface area contributed by atoms with Crippen LogP contribution in [0, 0.1) is 0 Å². The summed E-state index contributed by atoms with van der Waals surface area (Å²) < 4.78 is 5.68. The van der Waals surface area contributed by atoms with Crippen LogP contribution in [0.3, 0.4) is 0 Å². The van der Waals surface area contributed by atoms with Crippen LogP contribution in [0.4, 0.5) is 0 Å². The zero-order valence-electron chi connectivity index (χ0n) is 10.6. The van der Waals surface area contributed by atoms with E-state index in [0.29, 0.717) is 12.1 Å². The molecule has 0 bridgehead atoms. The Morgan fingerprint density at radius 1 is 1.12 bits per heavy atom. The molecule has 0 aromatic heterocycles. The van der Waals surface area contributed by atoms with Crippen LogP contribution in [0.25, 0.3) is 0 Å². The Morgan fingerprint density at radius 3 is 2.88 bits per heavy atom. The number of hydrogen-bond acceptors (Lipinski definition) is 3. The normalized spacial score (nSPS) is 31.9. The van der Waals surface area contributed by atoms with Gasteiger partial charge in [-0.05, 0) is 39.3 Å². The van der Waals surface area contributed by atoms with Crippen molar-refractivity contribution >= 4 is 0 Å². The first-order valence-corrected chi connectivity index (χ1v) is 6.88. The maximum absolute atomic E-state index is 5.68. The Morgan fingerprint density at radius 2 is 2.06 bits per heavy atom. The average Bonchev–Trinajstić information content (AvgIpc) is 2.62. The van der Waals surface area contributed by atoms with Crippen LogP contribution in [-0.4, -0.2) is 50.3 Å². The molecule has 2 unspecified atom stereocenters. The third-order valence-corrected chi connectivity index (χ3v) is 3.73. The van der Waals surface area contributed by atoms with E-state index in [1.54, 1.807) is 0 Å². The largest absolute Gasteiger partial charge is 0.377 e. The van der Waals surface area contributed by atoms with Crippen LogP contribution < -0.4 is 5.32 Å². The number of nitrogens with one attached hydrogen (secondary N) is 1. The summed E-state index contributed by atoms with van der Waals surface area (Å²) in [4.78, 5) is 2.44. The van der Waals surface area contributed by atoms with Crippen molar-refractivity contribution in [1.82, 2.24) is 10.2 Å². The summed E-state index contributed by atoms with van der Waals surface area (Å²) in [6.07, 6.45) is 8.49. The Bertz CT molecular complexity index is 184. The van der Waals surface area contributed by atoms with Crippen LogP contribution in [0.15, 0.2) is 0 Å². The molecule has 0 amide bonds. The minimum atomic E-state index is 0.496. The van der Waals surface area contributed by atoms with E-state index in [1.807, 2.05) is 0 Å². The highest BCUT2D eigenvalue weighted by Gasteiger charge is 2.19. The Balaban J connectivity index is 1.66. The van der Waals surface area contributed by atoms with Gasteiger partial charge in [0, 0.05) is 25.7 Å². The number of likely N-dealkylation sites (N-methyl/N-ethyl adjacent to an activating group) is 1. The fraction of sp³-hybridized carbons (Fsp3) is 1.00. The minimum absolute atomic E-state index is 0.496. The fourth-order valence-corrected chi connectivity index (χ4v) is 2.84. The van der Waals surface area contributed by atoms with Crippen molar-refractivity contribution in [2.75, 3.05) is 33.3 Å². The quantitative estimate of drug-likeness (QED) is 0.788. The second-order valence-electron chi connectivity index (χ2n) is 5.36. The number of rotatable bonds is 4. The number of hydrogen-bond donors (Lipinski definition) is 1. The van der Waals surface area contributed by atoms with Gasteiger partial charge in [0.25, 0.3) is 0 Å². The van der Waals surface area contributed by atoms with Crippen molar-refractivity contribution in [3.8, 4) is 0 Å². The van der Waals surface area contributed by atoms with Crippen LogP contribution in [0.1, 0.15) is 38.5 Å². The molecular weight excluding hydrogens is 200 g/mol. The maximum Gasteiger partial charge on any atom is 0.0702 e. The Hall–Kier alpha value is -0.120. The standard InChI is InChI=1S/C13H26N2O/c1-15(11-13-7-5-9-16-13)10-12-6-3-2-4-8-14-12/h12-14H,2-11H2,1H3. The predicted molar refractivity (Wildman–Crippen MR) is 66.7 cm³/mol. The first-order chi connectivity index (χ1) is 7.84. The highest BCUT2D eigenvalue weighted by molar-refractivity contribution is 4.76. The lowest BCUT2D eigenvalue weighted by molar-refractivity contribution is 0.0783. The lowest BCUT2D eigenvalue weighted by Gasteiger charge is -2.25. The molecule has 16 heavy (non-hydrogen) atoms. The van der Waals surface area contributed by atoms with E-state index in [9.17, 15) is 0 Å². The summed E-state index contributed by atoms with van der Waals surface area (Å²) >= 11 is 0. The molecule has 3 heteroatoms. The summed E-state index contributed by atoms with van der Waals surface area (Å²) in [7, 11) is 2.23. The number of ether oxygens (including phenoxy) is 1. The van der Waals surface area contributed by atoms with E-state index in [4.69, 9.17) is 4.74 Å². The van der Waals surface area contributed by atoms with Gasteiger partial charge in [-0.2, -0.15) is 0 Å². The molecule has 0 radical (unpaired) electrons. The minimum Gasteiger partial charge on any atom is -0.377 e. The van der Waals surface area contributed by atoms with Gasteiger partial charge in [-0.25, -0.2) is 0 Å². The lowest BCUT2D eigenvalue weighted by atomic mass is 10.1. The Kier molecular flexibility index (Phi) is 5.07. The molecule has 2 heterocycles. The highest BCUT2D eigenvalue weighted by atomic mass is 16.5.